The summed E-state index contributed by atoms with van der Waals surface area (Å²) in [6, 6.07) is 5.22. The van der Waals surface area contributed by atoms with Crippen LogP contribution in [-0.4, -0.2) is 35.4 Å². The van der Waals surface area contributed by atoms with Crippen LogP contribution in [0.15, 0.2) is 34.5 Å². The number of hydrogen-bond acceptors (Lipinski definition) is 5. The Kier molecular flexibility index (Phi) is 4.90. The molecule has 1 aromatic carbocycles. The zero-order chi connectivity index (χ0) is 16.6. The average Bonchev–Trinajstić information content (AvgIpc) is 2.55. The van der Waals surface area contributed by atoms with Crippen LogP contribution in [0.5, 0.6) is 0 Å². The monoisotopic (exact) mass is 370 g/mol. The summed E-state index contributed by atoms with van der Waals surface area (Å²) in [6.07, 6.45) is 1.04. The van der Waals surface area contributed by atoms with Gasteiger partial charge in [-0.15, -0.1) is 0 Å². The number of methoxy groups -OCH3 is 1. The van der Waals surface area contributed by atoms with Crippen molar-refractivity contribution in [2.24, 2.45) is 4.99 Å². The van der Waals surface area contributed by atoms with Gasteiger partial charge in [-0.1, -0.05) is 41.0 Å². The van der Waals surface area contributed by atoms with Crippen molar-refractivity contribution in [2.45, 2.75) is 19.4 Å². The number of amidine groups is 1. The SMILES string of the molecule is COC(=O)C1=C(C)N=C2SCCCN2[C@@H]1c1ccc(Cl)c(Cl)c1. The van der Waals surface area contributed by atoms with E-state index in [-0.39, 0.29) is 12.0 Å². The van der Waals surface area contributed by atoms with E-state index in [1.807, 2.05) is 19.1 Å². The van der Waals surface area contributed by atoms with Crippen molar-refractivity contribution in [2.75, 3.05) is 19.4 Å². The quantitative estimate of drug-likeness (QED) is 0.728. The van der Waals surface area contributed by atoms with Gasteiger partial charge in [0.2, 0.25) is 0 Å². The number of carbonyl (C=O) groups excluding carboxylic acids is 1. The summed E-state index contributed by atoms with van der Waals surface area (Å²) >= 11 is 13.9. The first kappa shape index (κ1) is 16.7. The van der Waals surface area contributed by atoms with Gasteiger partial charge in [-0.3, -0.25) is 0 Å². The number of halogens is 2. The maximum absolute atomic E-state index is 12.3. The summed E-state index contributed by atoms with van der Waals surface area (Å²) < 4.78 is 4.99. The fraction of sp³-hybridized carbons (Fsp3) is 0.375. The van der Waals surface area contributed by atoms with Crippen LogP contribution in [0.1, 0.15) is 24.9 Å². The summed E-state index contributed by atoms with van der Waals surface area (Å²) in [5.41, 5.74) is 2.15. The molecule has 0 bridgehead atoms. The van der Waals surface area contributed by atoms with Gasteiger partial charge in [0.25, 0.3) is 0 Å². The molecule has 0 spiro atoms. The molecule has 0 aromatic heterocycles. The van der Waals surface area contributed by atoms with E-state index in [0.717, 1.165) is 29.4 Å². The van der Waals surface area contributed by atoms with Crippen molar-refractivity contribution < 1.29 is 9.53 Å². The summed E-state index contributed by atoms with van der Waals surface area (Å²) in [4.78, 5) is 19.1. The first-order chi connectivity index (χ1) is 11.0. The van der Waals surface area contributed by atoms with Crippen LogP contribution in [0.25, 0.3) is 0 Å². The van der Waals surface area contributed by atoms with Gasteiger partial charge < -0.3 is 9.64 Å². The van der Waals surface area contributed by atoms with Crippen LogP contribution in [-0.2, 0) is 9.53 Å². The number of benzene rings is 1. The van der Waals surface area contributed by atoms with Gasteiger partial charge in [0, 0.05) is 12.3 Å². The van der Waals surface area contributed by atoms with Crippen molar-refractivity contribution >= 4 is 46.1 Å². The molecule has 0 aliphatic carbocycles. The van der Waals surface area contributed by atoms with Crippen molar-refractivity contribution in [3.8, 4) is 0 Å². The van der Waals surface area contributed by atoms with Gasteiger partial charge >= 0.3 is 5.97 Å². The lowest BCUT2D eigenvalue weighted by Crippen LogP contribution is -2.42. The fourth-order valence-electron chi connectivity index (χ4n) is 2.87. The number of rotatable bonds is 2. The Labute approximate surface area is 149 Å². The number of nitrogens with zero attached hydrogens (tertiary/aromatic N) is 2. The standard InChI is InChI=1S/C16H16Cl2N2O2S/c1-9-13(15(21)22-2)14(10-4-5-11(17)12(18)8-10)20-6-3-7-23-16(20)19-9/h4-5,8,14H,3,6-7H2,1-2H3/t14-/m1/s1. The molecule has 2 aliphatic rings. The highest BCUT2D eigenvalue weighted by Crippen LogP contribution is 2.41. The molecule has 3 rings (SSSR count). The zero-order valence-corrected chi connectivity index (χ0v) is 15.1. The highest BCUT2D eigenvalue weighted by atomic mass is 35.5. The van der Waals surface area contributed by atoms with Crippen molar-refractivity contribution in [1.29, 1.82) is 0 Å². The van der Waals surface area contributed by atoms with E-state index in [4.69, 9.17) is 27.9 Å². The maximum atomic E-state index is 12.3. The minimum Gasteiger partial charge on any atom is -0.466 e. The molecule has 0 radical (unpaired) electrons. The number of fused-ring (bicyclic) bond motifs is 1. The number of hydrogen-bond donors (Lipinski definition) is 0. The lowest BCUT2D eigenvalue weighted by Gasteiger charge is -2.40. The maximum Gasteiger partial charge on any atom is 0.338 e. The number of esters is 1. The highest BCUT2D eigenvalue weighted by Gasteiger charge is 2.37. The molecule has 2 heterocycles. The Morgan fingerprint density at radius 1 is 1.39 bits per heavy atom. The Morgan fingerprint density at radius 3 is 2.87 bits per heavy atom. The molecule has 0 unspecified atom stereocenters. The van der Waals surface area contributed by atoms with Gasteiger partial charge in [-0.2, -0.15) is 0 Å². The van der Waals surface area contributed by atoms with Crippen LogP contribution >= 0.6 is 35.0 Å². The van der Waals surface area contributed by atoms with Gasteiger partial charge in [0.15, 0.2) is 5.17 Å². The van der Waals surface area contributed by atoms with Crippen molar-refractivity contribution in [3.05, 3.63) is 45.1 Å². The van der Waals surface area contributed by atoms with E-state index in [1.165, 1.54) is 7.11 Å². The summed E-state index contributed by atoms with van der Waals surface area (Å²) in [6.45, 7) is 2.68. The molecule has 0 N–H and O–H groups in total. The Bertz CT molecular complexity index is 718. The second-order valence-electron chi connectivity index (χ2n) is 5.36. The minimum absolute atomic E-state index is 0.252. The number of thioether (sulfide) groups is 1. The molecule has 23 heavy (non-hydrogen) atoms. The van der Waals surface area contributed by atoms with Gasteiger partial charge in [0.05, 0.1) is 34.5 Å². The fourth-order valence-corrected chi connectivity index (χ4v) is 4.20. The molecule has 0 amide bonds. The van der Waals surface area contributed by atoms with E-state index in [1.54, 1.807) is 17.8 Å². The highest BCUT2D eigenvalue weighted by molar-refractivity contribution is 8.13. The van der Waals surface area contributed by atoms with E-state index in [2.05, 4.69) is 9.89 Å². The molecule has 7 heteroatoms. The Morgan fingerprint density at radius 2 is 2.17 bits per heavy atom. The number of carbonyl (C=O) groups is 1. The van der Waals surface area contributed by atoms with E-state index in [0.29, 0.717) is 21.3 Å². The first-order valence-corrected chi connectivity index (χ1v) is 8.99. The van der Waals surface area contributed by atoms with Crippen LogP contribution in [0.4, 0.5) is 0 Å². The molecule has 0 saturated carbocycles. The second-order valence-corrected chi connectivity index (χ2v) is 7.23. The summed E-state index contributed by atoms with van der Waals surface area (Å²) in [5, 5.41) is 1.91. The first-order valence-electron chi connectivity index (χ1n) is 7.25. The zero-order valence-electron chi connectivity index (χ0n) is 12.8. The predicted octanol–water partition coefficient (Wildman–Crippen LogP) is 4.29. The van der Waals surface area contributed by atoms with Crippen molar-refractivity contribution in [3.63, 3.8) is 0 Å². The molecule has 1 atom stereocenters. The molecular weight excluding hydrogens is 355 g/mol. The molecule has 2 aliphatic heterocycles. The van der Waals surface area contributed by atoms with Crippen LogP contribution in [0, 0.1) is 0 Å². The van der Waals surface area contributed by atoms with E-state index in [9.17, 15) is 4.79 Å². The average molecular weight is 371 g/mol. The molecule has 1 fully saturated rings. The van der Waals surface area contributed by atoms with E-state index < -0.39 is 0 Å². The largest absolute Gasteiger partial charge is 0.466 e. The van der Waals surface area contributed by atoms with Crippen LogP contribution in [0.2, 0.25) is 10.0 Å². The Hall–Kier alpha value is -1.17. The molecule has 1 aromatic rings. The molecular formula is C16H16Cl2N2O2S. The molecule has 1 saturated heterocycles. The van der Waals surface area contributed by atoms with Gasteiger partial charge in [-0.05, 0) is 31.0 Å². The lowest BCUT2D eigenvalue weighted by atomic mass is 9.94. The van der Waals surface area contributed by atoms with Gasteiger partial charge in [-0.25, -0.2) is 9.79 Å². The topological polar surface area (TPSA) is 41.9 Å². The minimum atomic E-state index is -0.364. The Balaban J connectivity index is 2.14. The van der Waals surface area contributed by atoms with E-state index >= 15 is 0 Å². The third-order valence-electron chi connectivity index (χ3n) is 3.92. The van der Waals surface area contributed by atoms with Crippen LogP contribution in [0.3, 0.4) is 0 Å². The molecule has 4 nitrogen and oxygen atoms in total. The number of aliphatic imine (C=N–C) groups is 1. The lowest BCUT2D eigenvalue weighted by molar-refractivity contribution is -0.136. The predicted molar refractivity (Wildman–Crippen MR) is 95.1 cm³/mol. The third kappa shape index (κ3) is 3.10. The summed E-state index contributed by atoms with van der Waals surface area (Å²) in [5.74, 6) is 0.668. The van der Waals surface area contributed by atoms with Crippen LogP contribution < -0.4 is 0 Å². The number of ether oxygens (including phenoxy) is 1. The second kappa shape index (κ2) is 6.75. The number of allylic oxidation sites excluding steroid dienone is 1. The molecule has 122 valence electrons. The normalized spacial score (nSPS) is 21.0. The van der Waals surface area contributed by atoms with Crippen molar-refractivity contribution in [1.82, 2.24) is 4.90 Å². The third-order valence-corrected chi connectivity index (χ3v) is 5.74. The van der Waals surface area contributed by atoms with Gasteiger partial charge in [0.1, 0.15) is 0 Å². The smallest absolute Gasteiger partial charge is 0.338 e. The summed E-state index contributed by atoms with van der Waals surface area (Å²) in [7, 11) is 1.39.